The van der Waals surface area contributed by atoms with E-state index >= 15 is 0 Å². The number of methoxy groups -OCH3 is 1. The number of ether oxygens (including phenoxy) is 1. The van der Waals surface area contributed by atoms with Crippen LogP contribution in [0.25, 0.3) is 6.08 Å². The lowest BCUT2D eigenvalue weighted by Gasteiger charge is -2.10. The highest BCUT2D eigenvalue weighted by molar-refractivity contribution is 8.18. The number of benzene rings is 1. The van der Waals surface area contributed by atoms with Crippen LogP contribution in [0.4, 0.5) is 4.79 Å². The fraction of sp³-hybridized carbons (Fsp3) is 0.375. The van der Waals surface area contributed by atoms with Gasteiger partial charge < -0.3 is 4.74 Å². The molecule has 0 radical (unpaired) electrons. The fourth-order valence-electron chi connectivity index (χ4n) is 2.00. The normalized spacial score (nSPS) is 17.3. The lowest BCUT2D eigenvalue weighted by atomic mass is 10.0. The number of hydrogen-bond donors (Lipinski definition) is 0. The largest absolute Gasteiger partial charge is 0.383 e. The molecular weight excluding hydrogens is 286 g/mol. The maximum atomic E-state index is 12.2. The molecule has 1 aromatic carbocycles. The van der Waals surface area contributed by atoms with Crippen molar-refractivity contribution in [2.45, 2.75) is 19.8 Å². The third-order valence-electron chi connectivity index (χ3n) is 3.29. The first-order chi connectivity index (χ1) is 10.0. The average Bonchev–Trinajstić information content (AvgIpc) is 2.72. The van der Waals surface area contributed by atoms with Crippen LogP contribution in [-0.4, -0.2) is 36.3 Å². The molecule has 5 heteroatoms. The van der Waals surface area contributed by atoms with Crippen LogP contribution in [0.3, 0.4) is 0 Å². The fourth-order valence-corrected chi connectivity index (χ4v) is 2.87. The lowest BCUT2D eigenvalue weighted by molar-refractivity contribution is -0.123. The minimum atomic E-state index is -0.241. The van der Waals surface area contributed by atoms with Crippen molar-refractivity contribution >= 4 is 29.0 Å². The highest BCUT2D eigenvalue weighted by atomic mass is 32.2. The zero-order valence-electron chi connectivity index (χ0n) is 12.5. The summed E-state index contributed by atoms with van der Waals surface area (Å²) in [5.74, 6) is 0.232. The zero-order valence-corrected chi connectivity index (χ0v) is 13.3. The second-order valence-corrected chi connectivity index (χ2v) is 6.14. The van der Waals surface area contributed by atoms with Crippen LogP contribution in [-0.2, 0) is 9.53 Å². The van der Waals surface area contributed by atoms with Gasteiger partial charge in [-0.05, 0) is 34.9 Å². The molecule has 0 N–H and O–H groups in total. The predicted molar refractivity (Wildman–Crippen MR) is 85.1 cm³/mol. The van der Waals surface area contributed by atoms with E-state index in [1.54, 1.807) is 13.2 Å². The molecule has 0 aromatic heterocycles. The standard InChI is InChI=1S/C16H19NO3S/c1-11(2)13-6-4-12(5-7-13)10-14-15(18)17(8-9-20-3)16(19)21-14/h4-7,10-11H,8-9H2,1-3H3/b14-10+. The maximum Gasteiger partial charge on any atom is 0.293 e. The Bertz CT molecular complexity index is 563. The predicted octanol–water partition coefficient (Wildman–Crippen LogP) is 3.49. The topological polar surface area (TPSA) is 46.6 Å². The number of amides is 2. The summed E-state index contributed by atoms with van der Waals surface area (Å²) in [5.41, 5.74) is 2.18. The molecule has 2 rings (SSSR count). The van der Waals surface area contributed by atoms with Gasteiger partial charge in [0.2, 0.25) is 0 Å². The number of thioether (sulfide) groups is 1. The van der Waals surface area contributed by atoms with Gasteiger partial charge in [0.1, 0.15) is 0 Å². The van der Waals surface area contributed by atoms with Crippen LogP contribution < -0.4 is 0 Å². The molecule has 1 fully saturated rings. The minimum absolute atomic E-state index is 0.234. The molecule has 0 unspecified atom stereocenters. The summed E-state index contributed by atoms with van der Waals surface area (Å²) in [6.07, 6.45) is 1.77. The van der Waals surface area contributed by atoms with Crippen molar-refractivity contribution in [1.82, 2.24) is 4.90 Å². The van der Waals surface area contributed by atoms with Gasteiger partial charge in [0, 0.05) is 7.11 Å². The van der Waals surface area contributed by atoms with Crippen LogP contribution in [0.2, 0.25) is 0 Å². The molecule has 2 amide bonds. The first kappa shape index (κ1) is 15.8. The van der Waals surface area contributed by atoms with Gasteiger partial charge in [-0.25, -0.2) is 0 Å². The quantitative estimate of drug-likeness (QED) is 0.781. The molecular formula is C16H19NO3S. The Morgan fingerprint density at radius 1 is 1.24 bits per heavy atom. The van der Waals surface area contributed by atoms with Crippen molar-refractivity contribution in [3.63, 3.8) is 0 Å². The van der Waals surface area contributed by atoms with Gasteiger partial charge in [-0.3, -0.25) is 14.5 Å². The molecule has 1 saturated heterocycles. The van der Waals surface area contributed by atoms with E-state index in [4.69, 9.17) is 4.74 Å². The van der Waals surface area contributed by atoms with E-state index in [0.29, 0.717) is 24.0 Å². The van der Waals surface area contributed by atoms with Crippen LogP contribution in [0.1, 0.15) is 30.9 Å². The van der Waals surface area contributed by atoms with Crippen LogP contribution in [0.15, 0.2) is 29.2 Å². The summed E-state index contributed by atoms with van der Waals surface area (Å²) in [5, 5.41) is -0.234. The number of nitrogens with zero attached hydrogens (tertiary/aromatic N) is 1. The molecule has 112 valence electrons. The smallest absolute Gasteiger partial charge is 0.293 e. The van der Waals surface area contributed by atoms with Gasteiger partial charge in [-0.15, -0.1) is 0 Å². The lowest BCUT2D eigenvalue weighted by Crippen LogP contribution is -2.31. The molecule has 1 aromatic rings. The second-order valence-electron chi connectivity index (χ2n) is 5.15. The summed E-state index contributed by atoms with van der Waals surface area (Å²) in [4.78, 5) is 25.7. The van der Waals surface area contributed by atoms with Crippen molar-refractivity contribution in [3.8, 4) is 0 Å². The Kier molecular flexibility index (Phi) is 5.20. The Morgan fingerprint density at radius 2 is 1.90 bits per heavy atom. The van der Waals surface area contributed by atoms with Crippen LogP contribution in [0, 0.1) is 0 Å². The van der Waals surface area contributed by atoms with Crippen molar-refractivity contribution < 1.29 is 14.3 Å². The van der Waals surface area contributed by atoms with Crippen LogP contribution in [0.5, 0.6) is 0 Å². The summed E-state index contributed by atoms with van der Waals surface area (Å²) in [6, 6.07) is 8.04. The molecule has 1 heterocycles. The molecule has 0 saturated carbocycles. The Balaban J connectivity index is 2.14. The van der Waals surface area contributed by atoms with E-state index in [0.717, 1.165) is 17.3 Å². The first-order valence-corrected chi connectivity index (χ1v) is 7.69. The average molecular weight is 305 g/mol. The minimum Gasteiger partial charge on any atom is -0.383 e. The highest BCUT2D eigenvalue weighted by Crippen LogP contribution is 2.32. The summed E-state index contributed by atoms with van der Waals surface area (Å²) >= 11 is 0.981. The molecule has 1 aliphatic heterocycles. The van der Waals surface area contributed by atoms with Gasteiger partial charge in [-0.2, -0.15) is 0 Å². The first-order valence-electron chi connectivity index (χ1n) is 6.87. The molecule has 0 aliphatic carbocycles. The summed E-state index contributed by atoms with van der Waals surface area (Å²) < 4.78 is 4.91. The monoisotopic (exact) mass is 305 g/mol. The molecule has 0 spiro atoms. The van der Waals surface area contributed by atoms with Gasteiger partial charge in [-0.1, -0.05) is 38.1 Å². The maximum absolute atomic E-state index is 12.2. The summed E-state index contributed by atoms with van der Waals surface area (Å²) in [6.45, 7) is 4.92. The second kappa shape index (κ2) is 6.91. The van der Waals surface area contributed by atoms with E-state index in [2.05, 4.69) is 13.8 Å². The van der Waals surface area contributed by atoms with Crippen molar-refractivity contribution in [2.75, 3.05) is 20.3 Å². The van der Waals surface area contributed by atoms with Gasteiger partial charge in [0.05, 0.1) is 18.1 Å². The number of imide groups is 1. The van der Waals surface area contributed by atoms with E-state index < -0.39 is 0 Å². The molecule has 21 heavy (non-hydrogen) atoms. The zero-order chi connectivity index (χ0) is 15.4. The third-order valence-corrected chi connectivity index (χ3v) is 4.20. The Labute approximate surface area is 129 Å². The van der Waals surface area contributed by atoms with Gasteiger partial charge in [0.25, 0.3) is 11.1 Å². The number of carbonyl (C=O) groups excluding carboxylic acids is 2. The van der Waals surface area contributed by atoms with E-state index in [1.165, 1.54) is 10.5 Å². The highest BCUT2D eigenvalue weighted by Gasteiger charge is 2.34. The number of hydrogen-bond acceptors (Lipinski definition) is 4. The van der Waals surface area contributed by atoms with Crippen LogP contribution >= 0.6 is 11.8 Å². The SMILES string of the molecule is COCCN1C(=O)S/C(=C/c2ccc(C(C)C)cc2)C1=O. The van der Waals surface area contributed by atoms with Crippen molar-refractivity contribution in [2.24, 2.45) is 0 Å². The molecule has 0 bridgehead atoms. The third kappa shape index (κ3) is 3.74. The van der Waals surface area contributed by atoms with Crippen molar-refractivity contribution in [1.29, 1.82) is 0 Å². The number of rotatable bonds is 5. The molecule has 1 aliphatic rings. The van der Waals surface area contributed by atoms with E-state index in [1.807, 2.05) is 24.3 Å². The Hall–Kier alpha value is -1.59. The van der Waals surface area contributed by atoms with E-state index in [-0.39, 0.29) is 11.1 Å². The van der Waals surface area contributed by atoms with Gasteiger partial charge >= 0.3 is 0 Å². The van der Waals surface area contributed by atoms with Crippen molar-refractivity contribution in [3.05, 3.63) is 40.3 Å². The summed E-state index contributed by atoms with van der Waals surface area (Å²) in [7, 11) is 1.55. The van der Waals surface area contributed by atoms with Gasteiger partial charge in [0.15, 0.2) is 0 Å². The molecule has 4 nitrogen and oxygen atoms in total. The number of carbonyl (C=O) groups is 2. The van der Waals surface area contributed by atoms with E-state index in [9.17, 15) is 9.59 Å². The Morgan fingerprint density at radius 3 is 2.48 bits per heavy atom. The molecule has 0 atom stereocenters.